The molecule has 0 saturated carbocycles. The fourth-order valence-electron chi connectivity index (χ4n) is 4.34. The normalized spacial score (nSPS) is 21.7. The maximum atomic E-state index is 4.84. The molecule has 3 heterocycles. The summed E-state index contributed by atoms with van der Waals surface area (Å²) in [5, 5.41) is 10.7. The molecule has 0 bridgehead atoms. The van der Waals surface area contributed by atoms with Crippen molar-refractivity contribution in [3.05, 3.63) is 17.5 Å². The van der Waals surface area contributed by atoms with Crippen LogP contribution in [0, 0.1) is 5.92 Å². The number of aliphatic imine (C=N–C) groups is 1. The lowest BCUT2D eigenvalue weighted by atomic mass is 10.0. The van der Waals surface area contributed by atoms with E-state index in [1.807, 2.05) is 11.3 Å². The van der Waals surface area contributed by atoms with Gasteiger partial charge < -0.3 is 20.4 Å². The van der Waals surface area contributed by atoms with E-state index in [0.717, 1.165) is 38.1 Å². The zero-order valence-electron chi connectivity index (χ0n) is 18.2. The number of thiophene rings is 1. The first-order valence-electron chi connectivity index (χ1n) is 11.3. The third-order valence-corrected chi connectivity index (χ3v) is 6.82. The zero-order valence-corrected chi connectivity index (χ0v) is 21.4. The number of halogens is 1. The van der Waals surface area contributed by atoms with Gasteiger partial charge >= 0.3 is 0 Å². The molecule has 7 heteroatoms. The van der Waals surface area contributed by atoms with Crippen molar-refractivity contribution in [2.45, 2.75) is 58.4 Å². The van der Waals surface area contributed by atoms with Crippen molar-refractivity contribution in [2.24, 2.45) is 10.9 Å². The lowest BCUT2D eigenvalue weighted by molar-refractivity contribution is 0.181. The largest absolute Gasteiger partial charge is 0.363 e. The average Bonchev–Trinajstić information content (AvgIpc) is 3.23. The van der Waals surface area contributed by atoms with Crippen LogP contribution in [0.3, 0.4) is 0 Å². The van der Waals surface area contributed by atoms with Crippen LogP contribution in [0.25, 0.3) is 0 Å². The van der Waals surface area contributed by atoms with Gasteiger partial charge in [-0.3, -0.25) is 4.99 Å². The SMILES string of the molecule is CCNC(=NCCCCN1CCCC(C)C1)NC1CCN(c2cccs2)CC1.I. The second-order valence-corrected chi connectivity index (χ2v) is 9.30. The van der Waals surface area contributed by atoms with Crippen LogP contribution in [0.15, 0.2) is 22.5 Å². The molecule has 3 rings (SSSR count). The fraction of sp³-hybridized carbons (Fsp3) is 0.773. The van der Waals surface area contributed by atoms with E-state index in [0.29, 0.717) is 6.04 Å². The quantitative estimate of drug-likeness (QED) is 0.225. The van der Waals surface area contributed by atoms with Crippen molar-refractivity contribution in [1.82, 2.24) is 15.5 Å². The second kappa shape index (κ2) is 13.7. The van der Waals surface area contributed by atoms with Crippen LogP contribution < -0.4 is 15.5 Å². The molecule has 2 N–H and O–H groups in total. The Bertz CT molecular complexity index is 572. The number of hydrogen-bond donors (Lipinski definition) is 2. The van der Waals surface area contributed by atoms with Gasteiger partial charge in [0, 0.05) is 38.8 Å². The third-order valence-electron chi connectivity index (χ3n) is 5.89. The highest BCUT2D eigenvalue weighted by Gasteiger charge is 2.20. The van der Waals surface area contributed by atoms with Gasteiger partial charge in [-0.2, -0.15) is 0 Å². The van der Waals surface area contributed by atoms with Crippen molar-refractivity contribution in [1.29, 1.82) is 0 Å². The average molecular weight is 534 g/mol. The summed E-state index contributed by atoms with van der Waals surface area (Å²) < 4.78 is 0. The molecular formula is C22H40IN5S. The minimum absolute atomic E-state index is 0. The number of anilines is 1. The summed E-state index contributed by atoms with van der Waals surface area (Å²) in [6, 6.07) is 4.91. The molecule has 2 fully saturated rings. The molecule has 5 nitrogen and oxygen atoms in total. The number of nitrogens with one attached hydrogen (secondary N) is 2. The van der Waals surface area contributed by atoms with Crippen LogP contribution in [0.5, 0.6) is 0 Å². The molecule has 2 aliphatic rings. The van der Waals surface area contributed by atoms with E-state index < -0.39 is 0 Å². The summed E-state index contributed by atoms with van der Waals surface area (Å²) >= 11 is 1.84. The van der Waals surface area contributed by atoms with Gasteiger partial charge in [-0.05, 0) is 82.0 Å². The van der Waals surface area contributed by atoms with E-state index in [9.17, 15) is 0 Å². The molecule has 0 amide bonds. The first kappa shape index (κ1) is 24.7. The fourth-order valence-corrected chi connectivity index (χ4v) is 5.12. The van der Waals surface area contributed by atoms with Gasteiger partial charge in [0.1, 0.15) is 0 Å². The van der Waals surface area contributed by atoms with Crippen LogP contribution in [0.1, 0.15) is 52.4 Å². The minimum Gasteiger partial charge on any atom is -0.363 e. The Kier molecular flexibility index (Phi) is 11.7. The highest BCUT2D eigenvalue weighted by molar-refractivity contribution is 14.0. The van der Waals surface area contributed by atoms with Crippen LogP contribution in [0.4, 0.5) is 5.00 Å². The van der Waals surface area contributed by atoms with E-state index in [-0.39, 0.29) is 24.0 Å². The Morgan fingerprint density at radius 1 is 1.21 bits per heavy atom. The van der Waals surface area contributed by atoms with E-state index in [1.54, 1.807) is 0 Å². The number of likely N-dealkylation sites (tertiary alicyclic amines) is 1. The first-order valence-corrected chi connectivity index (χ1v) is 12.2. The molecule has 1 aromatic rings. The molecule has 1 aromatic heterocycles. The van der Waals surface area contributed by atoms with Crippen molar-refractivity contribution < 1.29 is 0 Å². The smallest absolute Gasteiger partial charge is 0.191 e. The highest BCUT2D eigenvalue weighted by Crippen LogP contribution is 2.24. The molecule has 2 aliphatic heterocycles. The number of rotatable bonds is 8. The third kappa shape index (κ3) is 8.61. The van der Waals surface area contributed by atoms with E-state index in [1.165, 1.54) is 63.2 Å². The van der Waals surface area contributed by atoms with Gasteiger partial charge in [0.05, 0.1) is 5.00 Å². The number of nitrogens with zero attached hydrogens (tertiary/aromatic N) is 3. The van der Waals surface area contributed by atoms with Gasteiger partial charge in [0.25, 0.3) is 0 Å². The summed E-state index contributed by atoms with van der Waals surface area (Å²) in [5.74, 6) is 1.88. The van der Waals surface area contributed by atoms with Crippen LogP contribution in [0.2, 0.25) is 0 Å². The Hall–Kier alpha value is -0.540. The second-order valence-electron chi connectivity index (χ2n) is 8.37. The predicted octanol–water partition coefficient (Wildman–Crippen LogP) is 4.40. The Balaban J connectivity index is 0.00000300. The number of guanidine groups is 1. The lowest BCUT2D eigenvalue weighted by Gasteiger charge is -2.33. The van der Waals surface area contributed by atoms with E-state index in [4.69, 9.17) is 4.99 Å². The first-order chi connectivity index (χ1) is 13.7. The standard InChI is InChI=1S/C22H39N5S.HI/c1-3-23-22(24-12-4-5-13-26-14-6-8-19(2)18-26)25-20-10-15-27(16-11-20)21-9-7-17-28-21;/h7,9,17,19-20H,3-6,8,10-16,18H2,1-2H3,(H2,23,24,25);1H. The Morgan fingerprint density at radius 3 is 2.72 bits per heavy atom. The predicted molar refractivity (Wildman–Crippen MR) is 138 cm³/mol. The van der Waals surface area contributed by atoms with Gasteiger partial charge in [-0.15, -0.1) is 35.3 Å². The van der Waals surface area contributed by atoms with Crippen molar-refractivity contribution >= 4 is 46.3 Å². The highest BCUT2D eigenvalue weighted by atomic mass is 127. The van der Waals surface area contributed by atoms with Crippen molar-refractivity contribution in [3.8, 4) is 0 Å². The van der Waals surface area contributed by atoms with E-state index >= 15 is 0 Å². The number of piperidine rings is 2. The minimum atomic E-state index is 0. The molecule has 0 aromatic carbocycles. The molecule has 0 radical (unpaired) electrons. The van der Waals surface area contributed by atoms with Gasteiger partial charge in [0.2, 0.25) is 0 Å². The maximum Gasteiger partial charge on any atom is 0.191 e. The molecule has 0 spiro atoms. The maximum absolute atomic E-state index is 4.84. The molecule has 2 saturated heterocycles. The van der Waals surface area contributed by atoms with E-state index in [2.05, 4.69) is 51.8 Å². The molecule has 1 unspecified atom stereocenters. The molecular weight excluding hydrogens is 493 g/mol. The van der Waals surface area contributed by atoms with Gasteiger partial charge in [0.15, 0.2) is 5.96 Å². The number of hydrogen-bond acceptors (Lipinski definition) is 4. The topological polar surface area (TPSA) is 42.9 Å². The van der Waals surface area contributed by atoms with Gasteiger partial charge in [-0.1, -0.05) is 6.92 Å². The summed E-state index contributed by atoms with van der Waals surface area (Å²) in [7, 11) is 0. The van der Waals surface area contributed by atoms with Crippen LogP contribution >= 0.6 is 35.3 Å². The lowest BCUT2D eigenvalue weighted by Crippen LogP contribution is -2.48. The monoisotopic (exact) mass is 533 g/mol. The van der Waals surface area contributed by atoms with Crippen LogP contribution in [-0.4, -0.2) is 62.7 Å². The van der Waals surface area contributed by atoms with Crippen LogP contribution in [-0.2, 0) is 0 Å². The summed E-state index contributed by atoms with van der Waals surface area (Å²) in [5.41, 5.74) is 0. The molecule has 29 heavy (non-hydrogen) atoms. The number of unbranched alkanes of at least 4 members (excludes halogenated alkanes) is 1. The zero-order chi connectivity index (χ0) is 19.6. The van der Waals surface area contributed by atoms with Gasteiger partial charge in [-0.25, -0.2) is 0 Å². The summed E-state index contributed by atoms with van der Waals surface area (Å²) in [4.78, 5) is 9.99. The van der Waals surface area contributed by atoms with Crippen molar-refractivity contribution in [3.63, 3.8) is 0 Å². The summed E-state index contributed by atoms with van der Waals surface area (Å²) in [6.45, 7) is 12.5. The Labute approximate surface area is 198 Å². The molecule has 0 aliphatic carbocycles. The van der Waals surface area contributed by atoms with Crippen molar-refractivity contribution in [2.75, 3.05) is 50.7 Å². The Morgan fingerprint density at radius 2 is 2.03 bits per heavy atom. The molecule has 166 valence electrons. The molecule has 1 atom stereocenters. The summed E-state index contributed by atoms with van der Waals surface area (Å²) in [6.07, 6.45) is 7.57.